The Morgan fingerprint density at radius 3 is 3.00 bits per heavy atom. The molecule has 3 nitrogen and oxygen atoms in total. The lowest BCUT2D eigenvalue weighted by molar-refractivity contribution is -0.145. The van der Waals surface area contributed by atoms with Crippen LogP contribution in [0.2, 0.25) is 0 Å². The molecule has 0 spiro atoms. The highest BCUT2D eigenvalue weighted by Crippen LogP contribution is 2.19. The first kappa shape index (κ1) is 10.1. The van der Waals surface area contributed by atoms with Gasteiger partial charge >= 0.3 is 5.97 Å². The summed E-state index contributed by atoms with van der Waals surface area (Å²) in [6.45, 7) is 4.60. The maximum absolute atomic E-state index is 11.1. The number of carbonyl (C=O) groups is 1. The molecule has 0 amide bonds. The lowest BCUT2D eigenvalue weighted by atomic mass is 10.1. The average Bonchev–Trinajstić information content (AvgIpc) is 2.04. The van der Waals surface area contributed by atoms with Crippen molar-refractivity contribution in [1.29, 1.82) is 0 Å². The van der Waals surface area contributed by atoms with Crippen LogP contribution >= 0.6 is 0 Å². The van der Waals surface area contributed by atoms with E-state index in [1.54, 1.807) is 0 Å². The number of esters is 1. The van der Waals surface area contributed by atoms with Crippen LogP contribution in [-0.2, 0) is 14.3 Å². The topological polar surface area (TPSA) is 35.5 Å². The highest BCUT2D eigenvalue weighted by molar-refractivity contribution is 5.83. The van der Waals surface area contributed by atoms with Crippen LogP contribution in [0.4, 0.5) is 0 Å². The Morgan fingerprint density at radius 2 is 2.38 bits per heavy atom. The number of hydrogen-bond acceptors (Lipinski definition) is 3. The van der Waals surface area contributed by atoms with Crippen molar-refractivity contribution in [2.45, 2.75) is 39.2 Å². The van der Waals surface area contributed by atoms with Crippen LogP contribution in [0.5, 0.6) is 0 Å². The Balaban J connectivity index is 2.51. The Kier molecular flexibility index (Phi) is 3.80. The fourth-order valence-corrected chi connectivity index (χ4v) is 1.42. The smallest absolute Gasteiger partial charge is 0.334 e. The lowest BCUT2D eigenvalue weighted by Gasteiger charge is -2.22. The van der Waals surface area contributed by atoms with Gasteiger partial charge in [-0.3, -0.25) is 0 Å². The van der Waals surface area contributed by atoms with Gasteiger partial charge in [-0.2, -0.15) is 0 Å². The van der Waals surface area contributed by atoms with Crippen molar-refractivity contribution in [3.05, 3.63) is 11.8 Å². The molecule has 0 saturated heterocycles. The molecule has 0 radical (unpaired) electrons. The van der Waals surface area contributed by atoms with E-state index in [4.69, 9.17) is 9.47 Å². The molecule has 13 heavy (non-hydrogen) atoms. The molecule has 1 rings (SSSR count). The predicted octanol–water partition coefficient (Wildman–Crippen LogP) is 2.02. The molecule has 0 fully saturated rings. The largest absolute Gasteiger partial charge is 0.498 e. The molecule has 0 aromatic carbocycles. The van der Waals surface area contributed by atoms with E-state index in [-0.39, 0.29) is 12.1 Å². The van der Waals surface area contributed by atoms with E-state index in [9.17, 15) is 4.79 Å². The summed E-state index contributed by atoms with van der Waals surface area (Å²) < 4.78 is 10.4. The van der Waals surface area contributed by atoms with Gasteiger partial charge in [-0.25, -0.2) is 4.79 Å². The van der Waals surface area contributed by atoms with Gasteiger partial charge in [0.25, 0.3) is 0 Å². The highest BCUT2D eigenvalue weighted by atomic mass is 16.6. The summed E-state index contributed by atoms with van der Waals surface area (Å²) in [7, 11) is 0. The molecule has 1 atom stereocenters. The zero-order valence-electron chi connectivity index (χ0n) is 8.21. The van der Waals surface area contributed by atoms with Crippen molar-refractivity contribution in [3.8, 4) is 0 Å². The van der Waals surface area contributed by atoms with Gasteiger partial charge in [0.15, 0.2) is 0 Å². The van der Waals surface area contributed by atoms with Gasteiger partial charge in [-0.1, -0.05) is 13.3 Å². The van der Waals surface area contributed by atoms with E-state index in [2.05, 4.69) is 6.92 Å². The van der Waals surface area contributed by atoms with Crippen LogP contribution in [0.3, 0.4) is 0 Å². The van der Waals surface area contributed by atoms with E-state index < -0.39 is 0 Å². The minimum absolute atomic E-state index is 0.0176. The summed E-state index contributed by atoms with van der Waals surface area (Å²) in [5.41, 5.74) is 0. The lowest BCUT2D eigenvalue weighted by Crippen LogP contribution is -2.23. The fraction of sp³-hybridized carbons (Fsp3) is 0.700. The number of cyclic esters (lactones) is 1. The Labute approximate surface area is 78.7 Å². The molecule has 3 heteroatoms. The van der Waals surface area contributed by atoms with Gasteiger partial charge in [-0.15, -0.1) is 0 Å². The van der Waals surface area contributed by atoms with Gasteiger partial charge < -0.3 is 9.47 Å². The van der Waals surface area contributed by atoms with Crippen molar-refractivity contribution >= 4 is 5.97 Å². The predicted molar refractivity (Wildman–Crippen MR) is 49.1 cm³/mol. The highest BCUT2D eigenvalue weighted by Gasteiger charge is 2.21. The summed E-state index contributed by atoms with van der Waals surface area (Å²) in [5, 5.41) is 0. The van der Waals surface area contributed by atoms with Crippen LogP contribution in [0.15, 0.2) is 11.8 Å². The van der Waals surface area contributed by atoms with Crippen LogP contribution in [0.1, 0.15) is 33.1 Å². The molecule has 1 aliphatic heterocycles. The zero-order chi connectivity index (χ0) is 9.68. The van der Waals surface area contributed by atoms with Gasteiger partial charge in [0.2, 0.25) is 0 Å². The number of hydrogen-bond donors (Lipinski definition) is 0. The molecule has 0 N–H and O–H groups in total. The molecule has 1 aliphatic rings. The van der Waals surface area contributed by atoms with Gasteiger partial charge in [0, 0.05) is 6.42 Å². The van der Waals surface area contributed by atoms with E-state index in [1.807, 2.05) is 6.92 Å². The SMILES string of the molecule is CCCC1CC(OCC)=CC(=O)O1. The average molecular weight is 184 g/mol. The normalized spacial score (nSPS) is 22.2. The van der Waals surface area contributed by atoms with Gasteiger partial charge in [-0.05, 0) is 13.3 Å². The van der Waals surface area contributed by atoms with E-state index >= 15 is 0 Å². The first-order chi connectivity index (χ1) is 6.26. The fourth-order valence-electron chi connectivity index (χ4n) is 1.42. The van der Waals surface area contributed by atoms with E-state index in [0.29, 0.717) is 6.61 Å². The van der Waals surface area contributed by atoms with Crippen molar-refractivity contribution in [1.82, 2.24) is 0 Å². The second-order valence-electron chi connectivity index (χ2n) is 3.10. The Hall–Kier alpha value is -0.990. The zero-order valence-corrected chi connectivity index (χ0v) is 8.21. The maximum Gasteiger partial charge on any atom is 0.334 e. The summed E-state index contributed by atoms with van der Waals surface area (Å²) in [5.74, 6) is 0.491. The third-order valence-corrected chi connectivity index (χ3v) is 1.93. The van der Waals surface area contributed by atoms with E-state index in [1.165, 1.54) is 6.08 Å². The first-order valence-corrected chi connectivity index (χ1v) is 4.80. The molecule has 1 unspecified atom stereocenters. The number of rotatable bonds is 4. The Morgan fingerprint density at radius 1 is 1.62 bits per heavy atom. The van der Waals surface area contributed by atoms with Crippen molar-refractivity contribution in [2.75, 3.05) is 6.61 Å². The van der Waals surface area contributed by atoms with Crippen LogP contribution < -0.4 is 0 Å². The van der Waals surface area contributed by atoms with Crippen LogP contribution in [0.25, 0.3) is 0 Å². The summed E-state index contributed by atoms with van der Waals surface area (Å²) in [6.07, 6.45) is 4.13. The quantitative estimate of drug-likeness (QED) is 0.627. The van der Waals surface area contributed by atoms with Gasteiger partial charge in [0.05, 0.1) is 12.7 Å². The van der Waals surface area contributed by atoms with Crippen molar-refractivity contribution in [2.24, 2.45) is 0 Å². The Bertz CT molecular complexity index is 208. The summed E-state index contributed by atoms with van der Waals surface area (Å²) in [4.78, 5) is 11.1. The molecular formula is C10H16O3. The minimum atomic E-state index is -0.270. The van der Waals surface area contributed by atoms with Crippen LogP contribution in [-0.4, -0.2) is 18.7 Å². The second-order valence-corrected chi connectivity index (χ2v) is 3.10. The summed E-state index contributed by atoms with van der Waals surface area (Å²) >= 11 is 0. The third kappa shape index (κ3) is 3.09. The molecule has 0 aromatic heterocycles. The van der Waals surface area contributed by atoms with Crippen molar-refractivity contribution < 1.29 is 14.3 Å². The number of ether oxygens (including phenoxy) is 2. The first-order valence-electron chi connectivity index (χ1n) is 4.80. The molecule has 74 valence electrons. The van der Waals surface area contributed by atoms with Crippen molar-refractivity contribution in [3.63, 3.8) is 0 Å². The molecule has 0 bridgehead atoms. The number of carbonyl (C=O) groups excluding carboxylic acids is 1. The molecule has 0 aliphatic carbocycles. The molecular weight excluding hydrogens is 168 g/mol. The minimum Gasteiger partial charge on any atom is -0.498 e. The maximum atomic E-state index is 11.1. The molecule has 0 aromatic rings. The third-order valence-electron chi connectivity index (χ3n) is 1.93. The standard InChI is InChI=1S/C10H16O3/c1-3-5-8-6-9(12-4-2)7-10(11)13-8/h7-8H,3-6H2,1-2H3. The molecule has 0 saturated carbocycles. The van der Waals surface area contributed by atoms with Crippen LogP contribution in [0, 0.1) is 0 Å². The monoisotopic (exact) mass is 184 g/mol. The molecule has 1 heterocycles. The van der Waals surface area contributed by atoms with Gasteiger partial charge in [0.1, 0.15) is 11.9 Å². The second kappa shape index (κ2) is 4.90. The van der Waals surface area contributed by atoms with E-state index in [0.717, 1.165) is 25.0 Å². The summed E-state index contributed by atoms with van der Waals surface area (Å²) in [6, 6.07) is 0.